The van der Waals surface area contributed by atoms with Crippen LogP contribution in [0.2, 0.25) is 0 Å². The minimum Gasteiger partial charge on any atom is -0.346 e. The van der Waals surface area contributed by atoms with Crippen LogP contribution in [-0.2, 0) is 13.1 Å². The minimum atomic E-state index is 0.693. The van der Waals surface area contributed by atoms with Gasteiger partial charge in [0.05, 0.1) is 0 Å². The topological polar surface area (TPSA) is 20.2 Å². The third-order valence-electron chi connectivity index (χ3n) is 3.56. The van der Waals surface area contributed by atoms with Gasteiger partial charge in [0.25, 0.3) is 0 Å². The van der Waals surface area contributed by atoms with Gasteiger partial charge >= 0.3 is 0 Å². The van der Waals surface area contributed by atoms with Crippen molar-refractivity contribution in [2.24, 2.45) is 5.92 Å². The molecule has 2 rings (SSSR count). The number of aromatic nitrogens is 1. The third-order valence-corrected chi connectivity index (χ3v) is 3.56. The predicted molar refractivity (Wildman–Crippen MR) is 87.0 cm³/mol. The molecule has 0 fully saturated rings. The predicted octanol–water partition coefficient (Wildman–Crippen LogP) is 2.95. The quantitative estimate of drug-likeness (QED) is 0.837. The van der Waals surface area contributed by atoms with Crippen LogP contribution in [0.25, 0.3) is 10.9 Å². The highest BCUT2D eigenvalue weighted by molar-refractivity contribution is 5.83. The maximum Gasteiger partial charge on any atom is 0.0483 e. The normalized spacial score (nSPS) is 11.9. The Kier molecular flexibility index (Phi) is 5.21. The number of fused-ring (bicyclic) bond motifs is 1. The van der Waals surface area contributed by atoms with Crippen molar-refractivity contribution < 1.29 is 0 Å². The Balaban J connectivity index is 2.12. The van der Waals surface area contributed by atoms with E-state index in [1.54, 1.807) is 0 Å². The molecule has 1 aromatic heterocycles. The molecule has 0 unspecified atom stereocenters. The molecule has 1 aromatic carbocycles. The summed E-state index contributed by atoms with van der Waals surface area (Å²) in [6, 6.07) is 8.86. The summed E-state index contributed by atoms with van der Waals surface area (Å²) in [5.74, 6) is 0.693. The Bertz CT molecular complexity index is 540. The van der Waals surface area contributed by atoms with E-state index in [0.717, 1.165) is 26.2 Å². The number of benzene rings is 1. The highest BCUT2D eigenvalue weighted by Gasteiger charge is 2.05. The standard InChI is InChI=1S/C17H27N3/c1-14(2)12-18-13-15-6-5-7-17-16(15)8-9-20(17)11-10-19(3)4/h5-9,14,18H,10-13H2,1-4H3. The highest BCUT2D eigenvalue weighted by atomic mass is 15.1. The van der Waals surface area contributed by atoms with Crippen LogP contribution < -0.4 is 5.32 Å². The minimum absolute atomic E-state index is 0.693. The molecule has 20 heavy (non-hydrogen) atoms. The number of hydrogen-bond acceptors (Lipinski definition) is 2. The molecule has 3 heteroatoms. The van der Waals surface area contributed by atoms with Gasteiger partial charge in [0.15, 0.2) is 0 Å². The molecule has 110 valence electrons. The van der Waals surface area contributed by atoms with E-state index in [0.29, 0.717) is 5.92 Å². The van der Waals surface area contributed by atoms with Gasteiger partial charge in [-0.3, -0.25) is 0 Å². The van der Waals surface area contributed by atoms with Gasteiger partial charge in [-0.2, -0.15) is 0 Å². The zero-order chi connectivity index (χ0) is 14.5. The lowest BCUT2D eigenvalue weighted by Crippen LogP contribution is -2.19. The molecule has 1 N–H and O–H groups in total. The van der Waals surface area contributed by atoms with E-state index in [9.17, 15) is 0 Å². The lowest BCUT2D eigenvalue weighted by molar-refractivity contribution is 0.387. The molecule has 0 aliphatic carbocycles. The van der Waals surface area contributed by atoms with Crippen LogP contribution in [0.4, 0.5) is 0 Å². The molecule has 0 atom stereocenters. The van der Waals surface area contributed by atoms with Crippen LogP contribution >= 0.6 is 0 Å². The fourth-order valence-corrected chi connectivity index (χ4v) is 2.44. The van der Waals surface area contributed by atoms with E-state index < -0.39 is 0 Å². The number of nitrogens with one attached hydrogen (secondary N) is 1. The van der Waals surface area contributed by atoms with Crippen molar-refractivity contribution in [1.29, 1.82) is 0 Å². The SMILES string of the molecule is CC(C)CNCc1cccc2c1ccn2CCN(C)C. The molecule has 3 nitrogen and oxygen atoms in total. The molecule has 0 saturated carbocycles. The fraction of sp³-hybridized carbons (Fsp3) is 0.529. The first kappa shape index (κ1) is 15.1. The van der Waals surface area contributed by atoms with Gasteiger partial charge in [-0.05, 0) is 44.3 Å². The summed E-state index contributed by atoms with van der Waals surface area (Å²) in [7, 11) is 4.24. The van der Waals surface area contributed by atoms with Gasteiger partial charge in [0.2, 0.25) is 0 Å². The Morgan fingerprint density at radius 2 is 2.00 bits per heavy atom. The summed E-state index contributed by atoms with van der Waals surface area (Å²) in [5.41, 5.74) is 2.74. The van der Waals surface area contributed by atoms with E-state index in [1.807, 2.05) is 0 Å². The van der Waals surface area contributed by atoms with Gasteiger partial charge in [-0.25, -0.2) is 0 Å². The molecule has 0 aliphatic heterocycles. The molecule has 0 amide bonds. The lowest BCUT2D eigenvalue weighted by Gasteiger charge is -2.12. The molecule has 2 aromatic rings. The molecule has 0 aliphatic rings. The first-order valence-electron chi connectivity index (χ1n) is 7.50. The average Bonchev–Trinajstić information content (AvgIpc) is 2.80. The van der Waals surface area contributed by atoms with Gasteiger partial charge in [-0.15, -0.1) is 0 Å². The Morgan fingerprint density at radius 1 is 1.20 bits per heavy atom. The third kappa shape index (κ3) is 3.84. The van der Waals surface area contributed by atoms with Crippen LogP contribution in [0, 0.1) is 5.92 Å². The lowest BCUT2D eigenvalue weighted by atomic mass is 10.1. The van der Waals surface area contributed by atoms with Crippen molar-refractivity contribution in [3.05, 3.63) is 36.0 Å². The second-order valence-electron chi connectivity index (χ2n) is 6.19. The maximum absolute atomic E-state index is 3.54. The van der Waals surface area contributed by atoms with Crippen molar-refractivity contribution in [3.8, 4) is 0 Å². The summed E-state index contributed by atoms with van der Waals surface area (Å²) >= 11 is 0. The monoisotopic (exact) mass is 273 g/mol. The zero-order valence-corrected chi connectivity index (χ0v) is 13.2. The van der Waals surface area contributed by atoms with Crippen LogP contribution in [0.15, 0.2) is 30.5 Å². The molecule has 0 radical (unpaired) electrons. The zero-order valence-electron chi connectivity index (χ0n) is 13.2. The van der Waals surface area contributed by atoms with Crippen LogP contribution in [0.3, 0.4) is 0 Å². The largest absolute Gasteiger partial charge is 0.346 e. The number of likely N-dealkylation sites (N-methyl/N-ethyl adjacent to an activating group) is 1. The van der Waals surface area contributed by atoms with E-state index in [4.69, 9.17) is 0 Å². The number of nitrogens with zero attached hydrogens (tertiary/aromatic N) is 2. The highest BCUT2D eigenvalue weighted by Crippen LogP contribution is 2.20. The molecule has 0 saturated heterocycles. The van der Waals surface area contributed by atoms with E-state index in [1.165, 1.54) is 16.5 Å². The Labute approximate surface area is 122 Å². The van der Waals surface area contributed by atoms with Gasteiger partial charge in [0, 0.05) is 36.7 Å². The van der Waals surface area contributed by atoms with Gasteiger partial charge in [-0.1, -0.05) is 26.0 Å². The molecular weight excluding hydrogens is 246 g/mol. The first-order valence-corrected chi connectivity index (χ1v) is 7.50. The number of rotatable bonds is 7. The smallest absolute Gasteiger partial charge is 0.0483 e. The molecule has 1 heterocycles. The summed E-state index contributed by atoms with van der Waals surface area (Å²) in [6.45, 7) is 8.61. The van der Waals surface area contributed by atoms with Crippen molar-refractivity contribution in [1.82, 2.24) is 14.8 Å². The summed E-state index contributed by atoms with van der Waals surface area (Å²) in [5, 5.41) is 4.91. The van der Waals surface area contributed by atoms with E-state index >= 15 is 0 Å². The Morgan fingerprint density at radius 3 is 2.70 bits per heavy atom. The van der Waals surface area contributed by atoms with Crippen molar-refractivity contribution >= 4 is 10.9 Å². The van der Waals surface area contributed by atoms with Crippen LogP contribution in [0.5, 0.6) is 0 Å². The van der Waals surface area contributed by atoms with Gasteiger partial charge < -0.3 is 14.8 Å². The number of hydrogen-bond donors (Lipinski definition) is 1. The molecule has 0 spiro atoms. The van der Waals surface area contributed by atoms with Crippen LogP contribution in [0.1, 0.15) is 19.4 Å². The maximum atomic E-state index is 3.54. The van der Waals surface area contributed by atoms with E-state index in [2.05, 4.69) is 73.2 Å². The van der Waals surface area contributed by atoms with Crippen molar-refractivity contribution in [3.63, 3.8) is 0 Å². The fourth-order valence-electron chi connectivity index (χ4n) is 2.44. The van der Waals surface area contributed by atoms with E-state index in [-0.39, 0.29) is 0 Å². The molecular formula is C17H27N3. The van der Waals surface area contributed by atoms with Crippen molar-refractivity contribution in [2.45, 2.75) is 26.9 Å². The van der Waals surface area contributed by atoms with Gasteiger partial charge in [0.1, 0.15) is 0 Å². The molecule has 0 bridgehead atoms. The Hall–Kier alpha value is -1.32. The average molecular weight is 273 g/mol. The second-order valence-corrected chi connectivity index (χ2v) is 6.19. The second kappa shape index (κ2) is 6.91. The summed E-state index contributed by atoms with van der Waals surface area (Å²) < 4.78 is 2.35. The van der Waals surface area contributed by atoms with Crippen LogP contribution in [-0.4, -0.2) is 36.7 Å². The summed E-state index contributed by atoms with van der Waals surface area (Å²) in [4.78, 5) is 2.22. The summed E-state index contributed by atoms with van der Waals surface area (Å²) in [6.07, 6.45) is 2.21. The van der Waals surface area contributed by atoms with Crippen molar-refractivity contribution in [2.75, 3.05) is 27.2 Å². The first-order chi connectivity index (χ1) is 9.58.